The Balaban J connectivity index is 0.00000578. The lowest BCUT2D eigenvalue weighted by Gasteiger charge is -2.09. The Morgan fingerprint density at radius 2 is 1.29 bits per heavy atom. The topological polar surface area (TPSA) is 70.6 Å². The monoisotopic (exact) mass is 535 g/mol. The lowest BCUT2D eigenvalue weighted by atomic mass is 10.1. The van der Waals surface area contributed by atoms with Gasteiger partial charge in [0.15, 0.2) is 12.4 Å². The first-order valence-corrected chi connectivity index (χ1v) is 12.6. The molecule has 0 saturated heterocycles. The first-order valence-electron chi connectivity index (χ1n) is 12.6. The van der Waals surface area contributed by atoms with Gasteiger partial charge in [-0.25, -0.2) is 9.36 Å². The van der Waals surface area contributed by atoms with Crippen LogP contribution in [0.15, 0.2) is 36.7 Å². The number of nitrogens with zero attached hydrogens (tertiary/aromatic N) is 1. The third-order valence-electron chi connectivity index (χ3n) is 6.11. The van der Waals surface area contributed by atoms with Gasteiger partial charge >= 0.3 is 5.97 Å². The van der Waals surface area contributed by atoms with E-state index in [1.165, 1.54) is 69.4 Å². The molecule has 1 heterocycles. The number of halogens is 1. The number of phenols is 2. The number of carbonyl (C=O) groups is 1. The summed E-state index contributed by atoms with van der Waals surface area (Å²) in [6.07, 6.45) is 19.2. The lowest BCUT2D eigenvalue weighted by Crippen LogP contribution is -3.00. The van der Waals surface area contributed by atoms with Gasteiger partial charge in [-0.15, -0.1) is 0 Å². The van der Waals surface area contributed by atoms with Crippen LogP contribution in [-0.4, -0.2) is 22.8 Å². The molecule has 0 spiro atoms. The van der Waals surface area contributed by atoms with Crippen molar-refractivity contribution in [2.45, 2.75) is 97.4 Å². The van der Waals surface area contributed by atoms with Crippen molar-refractivity contribution in [1.29, 1.82) is 0 Å². The Morgan fingerprint density at radius 3 is 1.82 bits per heavy atom. The number of aromatic hydroxyl groups is 2. The van der Waals surface area contributed by atoms with Gasteiger partial charge in [-0.05, 0) is 43.9 Å². The van der Waals surface area contributed by atoms with Crippen molar-refractivity contribution in [3.63, 3.8) is 0 Å². The number of phenolic OH excluding ortho intramolecular Hbond substituents is 2. The lowest BCUT2D eigenvalue weighted by molar-refractivity contribution is -0.697. The first-order chi connectivity index (χ1) is 16.0. The Hall–Kier alpha value is -2.08. The summed E-state index contributed by atoms with van der Waals surface area (Å²) >= 11 is 0. The molecule has 0 bridgehead atoms. The second-order valence-corrected chi connectivity index (χ2v) is 9.15. The molecule has 6 heteroatoms. The van der Waals surface area contributed by atoms with Crippen molar-refractivity contribution < 1.29 is 41.3 Å². The van der Waals surface area contributed by atoms with Crippen molar-refractivity contribution in [3.05, 3.63) is 53.3 Å². The largest absolute Gasteiger partial charge is 1.00 e. The molecule has 0 aliphatic carbocycles. The Kier molecular flexibility index (Phi) is 15.3. The van der Waals surface area contributed by atoms with Crippen molar-refractivity contribution in [2.24, 2.45) is 0 Å². The Bertz CT molecular complexity index is 816. The van der Waals surface area contributed by atoms with E-state index in [0.717, 1.165) is 31.9 Å². The zero-order valence-electron chi connectivity index (χ0n) is 20.9. The number of rotatable bonds is 16. The highest BCUT2D eigenvalue weighted by Gasteiger charge is 2.16. The molecule has 0 aliphatic heterocycles. The van der Waals surface area contributed by atoms with Crippen LogP contribution in [0.25, 0.3) is 0 Å². The number of aromatic nitrogens is 1. The summed E-state index contributed by atoms with van der Waals surface area (Å²) in [5.41, 5.74) is 1.97. The molecule has 190 valence electrons. The molecule has 0 saturated carbocycles. The Morgan fingerprint density at radius 1 is 0.794 bits per heavy atom. The van der Waals surface area contributed by atoms with E-state index in [4.69, 9.17) is 4.74 Å². The number of benzene rings is 1. The molecule has 2 aromatic rings. The van der Waals surface area contributed by atoms with Gasteiger partial charge in [0.1, 0.15) is 23.6 Å². The zero-order valence-corrected chi connectivity index (χ0v) is 22.5. The molecule has 2 rings (SSSR count). The van der Waals surface area contributed by atoms with Gasteiger partial charge in [0.2, 0.25) is 0 Å². The molecule has 1 aromatic carbocycles. The predicted octanol–water partition coefficient (Wildman–Crippen LogP) is 3.54. The number of aryl methyl sites for hydroxylation is 3. The summed E-state index contributed by atoms with van der Waals surface area (Å²) in [6, 6.07) is 6.95. The normalized spacial score (nSPS) is 10.6. The molecule has 0 unspecified atom stereocenters. The number of esters is 1. The third-order valence-corrected chi connectivity index (χ3v) is 6.11. The summed E-state index contributed by atoms with van der Waals surface area (Å²) in [7, 11) is 0. The number of ether oxygens (including phenoxy) is 1. The van der Waals surface area contributed by atoms with Crippen LogP contribution in [0.5, 0.6) is 11.5 Å². The van der Waals surface area contributed by atoms with Crippen LogP contribution in [0.4, 0.5) is 0 Å². The number of hydrogen-bond donors (Lipinski definition) is 2. The molecule has 2 N–H and O–H groups in total. The van der Waals surface area contributed by atoms with Crippen molar-refractivity contribution in [1.82, 2.24) is 0 Å². The van der Waals surface area contributed by atoms with Crippen LogP contribution in [-0.2, 0) is 11.3 Å². The van der Waals surface area contributed by atoms with Crippen LogP contribution in [0.1, 0.15) is 98.5 Å². The molecule has 0 atom stereocenters. The van der Waals surface area contributed by atoms with Crippen LogP contribution >= 0.6 is 0 Å². The van der Waals surface area contributed by atoms with E-state index < -0.39 is 5.97 Å². The van der Waals surface area contributed by atoms with Gasteiger partial charge in [-0.1, -0.05) is 57.8 Å². The van der Waals surface area contributed by atoms with Gasteiger partial charge in [-0.3, -0.25) is 0 Å². The molecular formula is C28H42BrNO4. The smallest absolute Gasteiger partial charge is 0.342 e. The summed E-state index contributed by atoms with van der Waals surface area (Å²) in [5.74, 6) is -0.827. The number of hydrogen-bond acceptors (Lipinski definition) is 4. The maximum Gasteiger partial charge on any atom is 0.342 e. The van der Waals surface area contributed by atoms with Crippen LogP contribution in [0, 0.1) is 13.8 Å². The number of carbonyl (C=O) groups excluding carboxylic acids is 1. The molecule has 0 aliphatic rings. The van der Waals surface area contributed by atoms with E-state index in [2.05, 4.69) is 36.0 Å². The highest BCUT2D eigenvalue weighted by Crippen LogP contribution is 2.27. The minimum Gasteiger partial charge on any atom is -1.00 e. The third kappa shape index (κ3) is 11.9. The van der Waals surface area contributed by atoms with Crippen LogP contribution in [0.2, 0.25) is 0 Å². The molecule has 0 radical (unpaired) electrons. The summed E-state index contributed by atoms with van der Waals surface area (Å²) < 4.78 is 7.55. The van der Waals surface area contributed by atoms with Crippen molar-refractivity contribution in [2.75, 3.05) is 6.61 Å². The fourth-order valence-electron chi connectivity index (χ4n) is 4.10. The number of pyridine rings is 1. The number of unbranched alkanes of at least 4 members (excludes halogenated alkanes) is 11. The minimum absolute atomic E-state index is 0. The zero-order chi connectivity index (χ0) is 23.9. The maximum atomic E-state index is 12.1. The fourth-order valence-corrected chi connectivity index (χ4v) is 4.10. The summed E-state index contributed by atoms with van der Waals surface area (Å²) in [4.78, 5) is 12.1. The van der Waals surface area contributed by atoms with Gasteiger partial charge in [-0.2, -0.15) is 0 Å². The SMILES string of the molecule is Cc1cc[n+](CCCCCCCCCCCCCCOC(=O)c2c(C)cc(O)cc2O)cc1.[Br-]. The molecule has 1 aromatic heterocycles. The van der Waals surface area contributed by atoms with E-state index in [-0.39, 0.29) is 34.0 Å². The standard InChI is InChI=1S/C28H41NO4.BrH/c1-23-15-18-29(19-16-23)17-13-11-9-7-5-3-4-6-8-10-12-14-20-33-28(32)27-24(2)21-25(30)22-26(27)31;/h15-16,18-19,21-22H,3-14,17,20H2,1-2H3,(H-,30,31,32);1H. The molecule has 0 amide bonds. The summed E-state index contributed by atoms with van der Waals surface area (Å²) in [6.45, 7) is 5.28. The van der Waals surface area contributed by atoms with E-state index in [0.29, 0.717) is 12.2 Å². The average molecular weight is 537 g/mol. The quantitative estimate of drug-likeness (QED) is 0.196. The minimum atomic E-state index is -0.529. The van der Waals surface area contributed by atoms with E-state index in [1.807, 2.05) is 0 Å². The first kappa shape index (κ1) is 30.0. The predicted molar refractivity (Wildman–Crippen MR) is 132 cm³/mol. The fraction of sp³-hybridized carbons (Fsp3) is 0.571. The molecular weight excluding hydrogens is 494 g/mol. The highest BCUT2D eigenvalue weighted by molar-refractivity contribution is 5.94. The second kappa shape index (κ2) is 17.4. The van der Waals surface area contributed by atoms with Gasteiger partial charge < -0.3 is 31.9 Å². The second-order valence-electron chi connectivity index (χ2n) is 9.15. The van der Waals surface area contributed by atoms with Crippen LogP contribution < -0.4 is 21.5 Å². The molecule has 0 fully saturated rings. The summed E-state index contributed by atoms with van der Waals surface area (Å²) in [5, 5.41) is 19.3. The average Bonchev–Trinajstić information content (AvgIpc) is 2.77. The van der Waals surface area contributed by atoms with E-state index in [9.17, 15) is 15.0 Å². The maximum absolute atomic E-state index is 12.1. The van der Waals surface area contributed by atoms with Gasteiger partial charge in [0, 0.05) is 24.6 Å². The van der Waals surface area contributed by atoms with Gasteiger partial charge in [0.25, 0.3) is 0 Å². The van der Waals surface area contributed by atoms with Crippen molar-refractivity contribution in [3.8, 4) is 11.5 Å². The van der Waals surface area contributed by atoms with E-state index >= 15 is 0 Å². The molecule has 5 nitrogen and oxygen atoms in total. The van der Waals surface area contributed by atoms with E-state index in [1.54, 1.807) is 6.92 Å². The highest BCUT2D eigenvalue weighted by atomic mass is 79.9. The van der Waals surface area contributed by atoms with Crippen LogP contribution in [0.3, 0.4) is 0 Å². The van der Waals surface area contributed by atoms with Crippen molar-refractivity contribution >= 4 is 5.97 Å². The van der Waals surface area contributed by atoms with Gasteiger partial charge in [0.05, 0.1) is 6.61 Å². The Labute approximate surface area is 215 Å². The molecule has 34 heavy (non-hydrogen) atoms.